The van der Waals surface area contributed by atoms with Crippen molar-refractivity contribution in [2.45, 2.75) is 76.4 Å². The van der Waals surface area contributed by atoms with Crippen molar-refractivity contribution in [2.75, 3.05) is 24.6 Å². The highest BCUT2D eigenvalue weighted by atomic mass is 33.1. The molecule has 0 radical (unpaired) electrons. The van der Waals surface area contributed by atoms with Crippen molar-refractivity contribution in [1.82, 2.24) is 0 Å². The summed E-state index contributed by atoms with van der Waals surface area (Å²) in [5.74, 6) is -1.15. The van der Waals surface area contributed by atoms with Crippen LogP contribution in [-0.2, 0) is 9.59 Å². The number of nitrogens with two attached hydrogens (primary N) is 2. The van der Waals surface area contributed by atoms with E-state index in [9.17, 15) is 9.59 Å². The molecule has 8 nitrogen and oxygen atoms in total. The lowest BCUT2D eigenvalue weighted by Crippen LogP contribution is -2.39. The smallest absolute Gasteiger partial charge is 0.335 e. The van der Waals surface area contributed by atoms with E-state index in [1.165, 1.54) is 70.0 Å². The average molecular weight is 443 g/mol. The van der Waals surface area contributed by atoms with Crippen molar-refractivity contribution >= 4 is 33.5 Å². The molecule has 0 amide bonds. The van der Waals surface area contributed by atoms with E-state index in [4.69, 9.17) is 31.9 Å². The molecule has 0 rings (SSSR count). The van der Waals surface area contributed by atoms with E-state index in [1.54, 1.807) is 0 Å². The van der Waals surface area contributed by atoms with E-state index >= 15 is 0 Å². The van der Waals surface area contributed by atoms with Crippen LogP contribution in [0.1, 0.15) is 64.2 Å². The number of unbranched alkanes of at least 4 members (excludes halogenated alkanes) is 9. The van der Waals surface area contributed by atoms with Crippen LogP contribution in [0.25, 0.3) is 0 Å². The molecule has 0 saturated heterocycles. The number of aliphatic hydroxyl groups is 2. The molecule has 0 aromatic carbocycles. The van der Waals surface area contributed by atoms with Crippen molar-refractivity contribution in [3.05, 3.63) is 0 Å². The Kier molecular flexibility index (Phi) is 24.1. The fraction of sp³-hybridized carbons (Fsp3) is 0.889. The Morgan fingerprint density at radius 2 is 0.964 bits per heavy atom. The molecule has 0 aromatic rings. The largest absolute Gasteiger partial charge is 0.479 e. The van der Waals surface area contributed by atoms with Crippen LogP contribution in [0.15, 0.2) is 0 Å². The molecule has 0 aliphatic rings. The van der Waals surface area contributed by atoms with Crippen LogP contribution in [0.3, 0.4) is 0 Å². The maximum absolute atomic E-state index is 9.77. The first-order valence-electron chi connectivity index (χ1n) is 9.84. The summed E-state index contributed by atoms with van der Waals surface area (Å²) in [5.41, 5.74) is 10.9. The van der Waals surface area contributed by atoms with Crippen LogP contribution in [0.4, 0.5) is 0 Å². The summed E-state index contributed by atoms with van der Waals surface area (Å²) in [6.07, 6.45) is 9.27. The third-order valence-electron chi connectivity index (χ3n) is 3.77. The maximum atomic E-state index is 9.77. The summed E-state index contributed by atoms with van der Waals surface area (Å²) in [6, 6.07) is 0. The van der Waals surface area contributed by atoms with E-state index in [2.05, 4.69) is 0 Å². The number of aliphatic carboxylic acids is 2. The van der Waals surface area contributed by atoms with E-state index in [0.717, 1.165) is 18.8 Å². The SMILES string of the molecule is NCCCCCCCCCCCCSSCCN.O=C(O)C(O)C(O)C(=O)O. The Labute approximate surface area is 176 Å². The summed E-state index contributed by atoms with van der Waals surface area (Å²) in [7, 11) is 3.90. The van der Waals surface area contributed by atoms with Crippen LogP contribution >= 0.6 is 21.6 Å². The van der Waals surface area contributed by atoms with Gasteiger partial charge in [0.25, 0.3) is 0 Å². The third-order valence-corrected chi connectivity index (χ3v) is 6.30. The summed E-state index contributed by atoms with van der Waals surface area (Å²) in [5, 5.41) is 32.5. The summed E-state index contributed by atoms with van der Waals surface area (Å²) < 4.78 is 0. The lowest BCUT2D eigenvalue weighted by molar-refractivity contribution is -0.165. The quantitative estimate of drug-likeness (QED) is 0.136. The van der Waals surface area contributed by atoms with Crippen molar-refractivity contribution in [3.63, 3.8) is 0 Å². The molecule has 0 bridgehead atoms. The maximum Gasteiger partial charge on any atom is 0.335 e. The molecular formula is C18H38N2O6S2. The molecule has 0 aromatic heterocycles. The Morgan fingerprint density at radius 3 is 1.32 bits per heavy atom. The van der Waals surface area contributed by atoms with Crippen LogP contribution in [0.5, 0.6) is 0 Å². The number of carboxylic acids is 2. The van der Waals surface area contributed by atoms with Gasteiger partial charge in [0.15, 0.2) is 12.2 Å². The topological polar surface area (TPSA) is 167 Å². The Morgan fingerprint density at radius 1 is 0.607 bits per heavy atom. The van der Waals surface area contributed by atoms with Gasteiger partial charge < -0.3 is 31.9 Å². The van der Waals surface area contributed by atoms with Gasteiger partial charge in [0.05, 0.1) is 0 Å². The molecule has 2 unspecified atom stereocenters. The molecule has 8 N–H and O–H groups in total. The number of carboxylic acid groups (broad SMARTS) is 2. The van der Waals surface area contributed by atoms with Gasteiger partial charge in [-0.05, 0) is 19.4 Å². The highest BCUT2D eigenvalue weighted by Crippen LogP contribution is 2.22. The number of carbonyl (C=O) groups is 2. The molecule has 28 heavy (non-hydrogen) atoms. The van der Waals surface area contributed by atoms with Gasteiger partial charge in [-0.15, -0.1) is 0 Å². The standard InChI is InChI=1S/C14H32N2S2.C4H6O6/c15-11-9-7-5-3-1-2-4-6-8-10-13-17-18-14-12-16;5-1(3(7)8)2(6)4(9)10/h1-16H2;1-2,5-6H,(H,7,8)(H,9,10). The minimum atomic E-state index is -2.27. The normalized spacial score (nSPS) is 12.7. The van der Waals surface area contributed by atoms with E-state index in [0.29, 0.717) is 0 Å². The van der Waals surface area contributed by atoms with Gasteiger partial charge in [0.1, 0.15) is 0 Å². The molecule has 0 spiro atoms. The Hall–Kier alpha value is -0.520. The number of hydrogen-bond acceptors (Lipinski definition) is 8. The van der Waals surface area contributed by atoms with E-state index in [-0.39, 0.29) is 0 Å². The van der Waals surface area contributed by atoms with Crippen LogP contribution in [0, 0.1) is 0 Å². The zero-order chi connectivity index (χ0) is 21.6. The molecule has 0 saturated carbocycles. The second-order valence-electron chi connectivity index (χ2n) is 6.32. The van der Waals surface area contributed by atoms with Crippen molar-refractivity contribution in [1.29, 1.82) is 0 Å². The average Bonchev–Trinajstić information content (AvgIpc) is 2.67. The second kappa shape index (κ2) is 22.8. The zero-order valence-electron chi connectivity index (χ0n) is 16.6. The van der Waals surface area contributed by atoms with Crippen LogP contribution in [-0.4, -0.2) is 69.2 Å². The summed E-state index contributed by atoms with van der Waals surface area (Å²) in [4.78, 5) is 19.5. The van der Waals surface area contributed by atoms with Gasteiger partial charge in [-0.25, -0.2) is 9.59 Å². The minimum absolute atomic E-state index is 0.808. The zero-order valence-corrected chi connectivity index (χ0v) is 18.3. The molecule has 10 heteroatoms. The summed E-state index contributed by atoms with van der Waals surface area (Å²) in [6.45, 7) is 1.67. The van der Waals surface area contributed by atoms with E-state index in [1.807, 2.05) is 21.6 Å². The van der Waals surface area contributed by atoms with Gasteiger partial charge in [-0.3, -0.25) is 0 Å². The number of rotatable bonds is 18. The summed E-state index contributed by atoms with van der Waals surface area (Å²) >= 11 is 0. The molecule has 2 atom stereocenters. The first-order chi connectivity index (χ1) is 13.4. The number of aliphatic hydroxyl groups excluding tert-OH is 2. The van der Waals surface area contributed by atoms with Crippen molar-refractivity contribution in [3.8, 4) is 0 Å². The van der Waals surface area contributed by atoms with Gasteiger partial charge in [-0.1, -0.05) is 73.0 Å². The van der Waals surface area contributed by atoms with Crippen LogP contribution < -0.4 is 11.5 Å². The van der Waals surface area contributed by atoms with Crippen molar-refractivity contribution < 1.29 is 30.0 Å². The fourth-order valence-corrected chi connectivity index (χ4v) is 4.16. The van der Waals surface area contributed by atoms with E-state index < -0.39 is 24.1 Å². The lowest BCUT2D eigenvalue weighted by atomic mass is 10.1. The molecule has 0 aliphatic heterocycles. The minimum Gasteiger partial charge on any atom is -0.479 e. The Balaban J connectivity index is 0. The predicted octanol–water partition coefficient (Wildman–Crippen LogP) is 2.06. The molecule has 0 heterocycles. The van der Waals surface area contributed by atoms with Gasteiger partial charge in [0, 0.05) is 18.1 Å². The molecule has 0 fully saturated rings. The van der Waals surface area contributed by atoms with Gasteiger partial charge in [0.2, 0.25) is 0 Å². The highest BCUT2D eigenvalue weighted by molar-refractivity contribution is 8.76. The first kappa shape index (κ1) is 29.7. The highest BCUT2D eigenvalue weighted by Gasteiger charge is 2.29. The second-order valence-corrected chi connectivity index (χ2v) is 9.03. The monoisotopic (exact) mass is 442 g/mol. The Bertz CT molecular complexity index is 344. The predicted molar refractivity (Wildman–Crippen MR) is 116 cm³/mol. The first-order valence-corrected chi connectivity index (χ1v) is 12.3. The number of hydrogen-bond donors (Lipinski definition) is 6. The fourth-order valence-electron chi connectivity index (χ4n) is 2.16. The lowest BCUT2D eigenvalue weighted by Gasteiger charge is -2.07. The third kappa shape index (κ3) is 21.8. The molecular weight excluding hydrogens is 404 g/mol. The van der Waals surface area contributed by atoms with Crippen molar-refractivity contribution in [2.24, 2.45) is 11.5 Å². The van der Waals surface area contributed by atoms with Crippen LogP contribution in [0.2, 0.25) is 0 Å². The molecule has 168 valence electrons. The molecule has 0 aliphatic carbocycles. The van der Waals surface area contributed by atoms with Gasteiger partial charge >= 0.3 is 11.9 Å². The van der Waals surface area contributed by atoms with Gasteiger partial charge in [-0.2, -0.15) is 0 Å².